The highest BCUT2D eigenvalue weighted by Crippen LogP contribution is 2.34. The molecule has 1 unspecified atom stereocenters. The van der Waals surface area contributed by atoms with Gasteiger partial charge in [0.1, 0.15) is 17.4 Å². The summed E-state index contributed by atoms with van der Waals surface area (Å²) in [6.45, 7) is 2.04. The van der Waals surface area contributed by atoms with Crippen molar-refractivity contribution in [3.8, 4) is 5.75 Å². The van der Waals surface area contributed by atoms with Crippen LogP contribution in [0, 0.1) is 11.6 Å². The Labute approximate surface area is 103 Å². The molecule has 0 spiro atoms. The van der Waals surface area contributed by atoms with Crippen LogP contribution in [0.1, 0.15) is 36.6 Å². The van der Waals surface area contributed by atoms with Crippen molar-refractivity contribution in [2.75, 3.05) is 7.11 Å². The summed E-state index contributed by atoms with van der Waals surface area (Å²) >= 11 is 3.31. The van der Waals surface area contributed by atoms with E-state index in [1.54, 1.807) is 0 Å². The molecule has 0 amide bonds. The number of ether oxygens (including phenoxy) is 1. The minimum absolute atomic E-state index is 0.0919. The van der Waals surface area contributed by atoms with E-state index in [-0.39, 0.29) is 16.1 Å². The zero-order chi connectivity index (χ0) is 12.1. The Kier molecular flexibility index (Phi) is 5.19. The Hall–Kier alpha value is -0.640. The highest BCUT2D eigenvalue weighted by molar-refractivity contribution is 9.09. The molecule has 0 bridgehead atoms. The maximum atomic E-state index is 13.6. The summed E-state index contributed by atoms with van der Waals surface area (Å²) < 4.78 is 32.0. The number of hydrogen-bond acceptors (Lipinski definition) is 1. The second kappa shape index (κ2) is 6.18. The summed E-state index contributed by atoms with van der Waals surface area (Å²) in [7, 11) is 1.39. The second-order valence-corrected chi connectivity index (χ2v) is 4.72. The van der Waals surface area contributed by atoms with Crippen LogP contribution in [-0.4, -0.2) is 7.11 Å². The van der Waals surface area contributed by atoms with Gasteiger partial charge in [0.15, 0.2) is 0 Å². The number of methoxy groups -OCH3 is 1. The van der Waals surface area contributed by atoms with E-state index < -0.39 is 11.6 Å². The highest BCUT2D eigenvalue weighted by atomic mass is 79.9. The van der Waals surface area contributed by atoms with Crippen LogP contribution in [0.25, 0.3) is 0 Å². The quantitative estimate of drug-likeness (QED) is 0.721. The number of hydrogen-bond donors (Lipinski definition) is 0. The van der Waals surface area contributed by atoms with E-state index in [1.807, 2.05) is 6.92 Å². The molecule has 1 aromatic carbocycles. The third-order valence-electron chi connectivity index (χ3n) is 2.41. The van der Waals surface area contributed by atoms with E-state index in [9.17, 15) is 8.78 Å². The molecule has 1 nitrogen and oxygen atoms in total. The van der Waals surface area contributed by atoms with E-state index in [2.05, 4.69) is 15.9 Å². The summed E-state index contributed by atoms with van der Waals surface area (Å²) in [5.74, 6) is -0.918. The largest absolute Gasteiger partial charge is 0.497 e. The summed E-state index contributed by atoms with van der Waals surface area (Å²) in [5, 5.41) is 0. The topological polar surface area (TPSA) is 9.23 Å². The molecule has 1 aromatic rings. The van der Waals surface area contributed by atoms with Crippen molar-refractivity contribution in [2.24, 2.45) is 0 Å². The highest BCUT2D eigenvalue weighted by Gasteiger charge is 2.18. The van der Waals surface area contributed by atoms with Crippen molar-refractivity contribution in [1.29, 1.82) is 0 Å². The van der Waals surface area contributed by atoms with E-state index in [0.29, 0.717) is 0 Å². The van der Waals surface area contributed by atoms with Crippen LogP contribution in [-0.2, 0) is 0 Å². The third kappa shape index (κ3) is 3.17. The molecule has 4 heteroatoms. The van der Waals surface area contributed by atoms with Crippen LogP contribution in [0.4, 0.5) is 8.78 Å². The van der Waals surface area contributed by atoms with Gasteiger partial charge in [-0.05, 0) is 6.42 Å². The minimum Gasteiger partial charge on any atom is -0.497 e. The number of unbranched alkanes of at least 4 members (excludes halogenated alkanes) is 1. The average Bonchev–Trinajstić information content (AvgIpc) is 2.25. The molecule has 16 heavy (non-hydrogen) atoms. The van der Waals surface area contributed by atoms with Crippen molar-refractivity contribution in [3.63, 3.8) is 0 Å². The van der Waals surface area contributed by atoms with Gasteiger partial charge in [-0.3, -0.25) is 0 Å². The molecule has 0 fully saturated rings. The fourth-order valence-electron chi connectivity index (χ4n) is 1.51. The fraction of sp³-hybridized carbons (Fsp3) is 0.500. The predicted octanol–water partition coefficient (Wildman–Crippen LogP) is 4.60. The van der Waals surface area contributed by atoms with Gasteiger partial charge in [0.05, 0.1) is 7.11 Å². The van der Waals surface area contributed by atoms with Crippen molar-refractivity contribution >= 4 is 15.9 Å². The van der Waals surface area contributed by atoms with Crippen molar-refractivity contribution in [3.05, 3.63) is 29.3 Å². The number of halogens is 3. The van der Waals surface area contributed by atoms with Gasteiger partial charge in [-0.15, -0.1) is 0 Å². The van der Waals surface area contributed by atoms with Crippen LogP contribution >= 0.6 is 15.9 Å². The van der Waals surface area contributed by atoms with Crippen LogP contribution in [0.15, 0.2) is 12.1 Å². The molecule has 0 N–H and O–H groups in total. The van der Waals surface area contributed by atoms with Gasteiger partial charge < -0.3 is 4.74 Å². The summed E-state index contributed by atoms with van der Waals surface area (Å²) in [4.78, 5) is -0.279. The van der Waals surface area contributed by atoms with Gasteiger partial charge in [-0.1, -0.05) is 35.7 Å². The summed E-state index contributed by atoms with van der Waals surface area (Å²) in [6.07, 6.45) is 2.65. The Balaban J connectivity index is 2.95. The van der Waals surface area contributed by atoms with Gasteiger partial charge in [-0.25, -0.2) is 8.78 Å². The van der Waals surface area contributed by atoms with Gasteiger partial charge in [-0.2, -0.15) is 0 Å². The Bertz CT molecular complexity index is 332. The molecule has 0 aliphatic heterocycles. The van der Waals surface area contributed by atoms with E-state index >= 15 is 0 Å². The van der Waals surface area contributed by atoms with E-state index in [4.69, 9.17) is 4.74 Å². The lowest BCUT2D eigenvalue weighted by Crippen LogP contribution is -2.00. The number of alkyl halides is 1. The molecule has 0 aromatic heterocycles. The smallest absolute Gasteiger partial charge is 0.134 e. The molecular weight excluding hydrogens is 278 g/mol. The molecule has 0 radical (unpaired) electrons. The first kappa shape index (κ1) is 13.4. The van der Waals surface area contributed by atoms with Crippen LogP contribution in [0.2, 0.25) is 0 Å². The monoisotopic (exact) mass is 292 g/mol. The summed E-state index contributed by atoms with van der Waals surface area (Å²) in [5.41, 5.74) is 0.0919. The Morgan fingerprint density at radius 2 is 1.88 bits per heavy atom. The van der Waals surface area contributed by atoms with E-state index in [0.717, 1.165) is 19.3 Å². The first-order valence-electron chi connectivity index (χ1n) is 5.27. The molecule has 0 aliphatic carbocycles. The molecule has 90 valence electrons. The van der Waals surface area contributed by atoms with Crippen molar-refractivity contribution < 1.29 is 13.5 Å². The predicted molar refractivity (Wildman–Crippen MR) is 64.1 cm³/mol. The SMILES string of the molecule is CCCCC(Br)c1c(F)cc(OC)cc1F. The van der Waals surface area contributed by atoms with Crippen LogP contribution in [0.3, 0.4) is 0 Å². The van der Waals surface area contributed by atoms with Gasteiger partial charge in [0.2, 0.25) is 0 Å². The molecule has 1 atom stereocenters. The lowest BCUT2D eigenvalue weighted by atomic mass is 10.1. The Morgan fingerprint density at radius 1 is 1.31 bits per heavy atom. The maximum absolute atomic E-state index is 13.6. The third-order valence-corrected chi connectivity index (χ3v) is 3.33. The standard InChI is InChI=1S/C12H15BrF2O/c1-3-4-5-9(13)12-10(14)6-8(16-2)7-11(12)15/h6-7,9H,3-5H2,1-2H3. The average molecular weight is 293 g/mol. The second-order valence-electron chi connectivity index (χ2n) is 3.61. The first-order valence-corrected chi connectivity index (χ1v) is 6.18. The van der Waals surface area contributed by atoms with Crippen molar-refractivity contribution in [2.45, 2.75) is 31.0 Å². The molecular formula is C12H15BrF2O. The Morgan fingerprint density at radius 3 is 2.31 bits per heavy atom. The maximum Gasteiger partial charge on any atom is 0.134 e. The molecule has 0 aliphatic rings. The van der Waals surface area contributed by atoms with Gasteiger partial charge in [0, 0.05) is 22.5 Å². The van der Waals surface area contributed by atoms with Crippen LogP contribution < -0.4 is 4.74 Å². The molecule has 0 saturated carbocycles. The fourth-order valence-corrected chi connectivity index (χ4v) is 2.27. The lowest BCUT2D eigenvalue weighted by molar-refractivity contribution is 0.405. The first-order chi connectivity index (χ1) is 7.60. The zero-order valence-electron chi connectivity index (χ0n) is 9.40. The normalized spacial score (nSPS) is 12.6. The molecule has 0 heterocycles. The minimum atomic E-state index is -0.560. The van der Waals surface area contributed by atoms with Gasteiger partial charge in [0.25, 0.3) is 0 Å². The van der Waals surface area contributed by atoms with Gasteiger partial charge >= 0.3 is 0 Å². The van der Waals surface area contributed by atoms with Crippen molar-refractivity contribution in [1.82, 2.24) is 0 Å². The zero-order valence-corrected chi connectivity index (χ0v) is 11.0. The van der Waals surface area contributed by atoms with Crippen LogP contribution in [0.5, 0.6) is 5.75 Å². The molecule has 0 saturated heterocycles. The summed E-state index contributed by atoms with van der Waals surface area (Å²) in [6, 6.07) is 2.41. The number of benzene rings is 1. The lowest BCUT2D eigenvalue weighted by Gasteiger charge is -2.13. The number of rotatable bonds is 5. The van der Waals surface area contributed by atoms with E-state index in [1.165, 1.54) is 19.2 Å². The molecule has 1 rings (SSSR count).